The number of fused-ring (bicyclic) bond motifs is 1. The van der Waals surface area contributed by atoms with Crippen molar-refractivity contribution >= 4 is 16.9 Å². The smallest absolute Gasteiger partial charge is 0.163 e. The van der Waals surface area contributed by atoms with Crippen LogP contribution in [0.3, 0.4) is 0 Å². The molecule has 2 N–H and O–H groups in total. The highest BCUT2D eigenvalue weighted by atomic mass is 16.3. The Kier molecular flexibility index (Phi) is 3.47. The third-order valence-corrected chi connectivity index (χ3v) is 3.12. The molecule has 2 aromatic heterocycles. The summed E-state index contributed by atoms with van der Waals surface area (Å²) in [4.78, 5) is 8.49. The maximum absolute atomic E-state index is 9.38. The fraction of sp³-hybridized carbons (Fsp3) is 0.583. The van der Waals surface area contributed by atoms with Gasteiger partial charge in [0.05, 0.1) is 23.7 Å². The molecule has 0 bridgehead atoms. The van der Waals surface area contributed by atoms with Crippen molar-refractivity contribution in [2.24, 2.45) is 13.0 Å². The van der Waals surface area contributed by atoms with Crippen molar-refractivity contribution < 1.29 is 5.11 Å². The first kappa shape index (κ1) is 12.8. The average molecular weight is 249 g/mol. The summed E-state index contributed by atoms with van der Waals surface area (Å²) in [5.41, 5.74) is 1.68. The minimum Gasteiger partial charge on any atom is -0.394 e. The first-order valence-electron chi connectivity index (χ1n) is 6.06. The molecule has 6 nitrogen and oxygen atoms in total. The van der Waals surface area contributed by atoms with Gasteiger partial charge in [0.15, 0.2) is 5.65 Å². The van der Waals surface area contributed by atoms with Crippen LogP contribution in [0.4, 0.5) is 5.82 Å². The molecule has 0 aliphatic rings. The van der Waals surface area contributed by atoms with Crippen LogP contribution in [-0.2, 0) is 7.05 Å². The van der Waals surface area contributed by atoms with E-state index in [1.165, 1.54) is 6.33 Å². The fourth-order valence-corrected chi connectivity index (χ4v) is 1.99. The van der Waals surface area contributed by atoms with Crippen molar-refractivity contribution in [2.45, 2.75) is 26.8 Å². The Labute approximate surface area is 106 Å². The predicted octanol–water partition coefficient (Wildman–Crippen LogP) is 1.10. The molecule has 0 amide bonds. The summed E-state index contributed by atoms with van der Waals surface area (Å²) in [7, 11) is 1.86. The normalized spacial score (nSPS) is 13.2. The lowest BCUT2D eigenvalue weighted by Gasteiger charge is -2.20. The van der Waals surface area contributed by atoms with Gasteiger partial charge >= 0.3 is 0 Å². The maximum atomic E-state index is 9.38. The molecular formula is C12H19N5O. The summed E-state index contributed by atoms with van der Waals surface area (Å²) in [5, 5.41) is 17.9. The largest absolute Gasteiger partial charge is 0.394 e. The van der Waals surface area contributed by atoms with E-state index in [0.29, 0.717) is 5.92 Å². The molecule has 98 valence electrons. The van der Waals surface area contributed by atoms with Gasteiger partial charge in [0.25, 0.3) is 0 Å². The van der Waals surface area contributed by atoms with Gasteiger partial charge in [0.2, 0.25) is 0 Å². The molecule has 0 fully saturated rings. The third kappa shape index (κ3) is 2.15. The zero-order valence-corrected chi connectivity index (χ0v) is 11.2. The van der Waals surface area contributed by atoms with Gasteiger partial charge in [-0.3, -0.25) is 4.68 Å². The van der Waals surface area contributed by atoms with Gasteiger partial charge in [-0.25, -0.2) is 9.97 Å². The Hall–Kier alpha value is -1.69. The number of anilines is 1. The quantitative estimate of drug-likeness (QED) is 0.848. The van der Waals surface area contributed by atoms with Gasteiger partial charge < -0.3 is 10.4 Å². The molecule has 18 heavy (non-hydrogen) atoms. The topological polar surface area (TPSA) is 75.9 Å². The molecule has 0 saturated carbocycles. The van der Waals surface area contributed by atoms with Gasteiger partial charge in [0.1, 0.15) is 12.1 Å². The third-order valence-electron chi connectivity index (χ3n) is 3.12. The molecule has 2 rings (SSSR count). The zero-order valence-electron chi connectivity index (χ0n) is 11.2. The highest BCUT2D eigenvalue weighted by Gasteiger charge is 2.17. The Bertz CT molecular complexity index is 549. The van der Waals surface area contributed by atoms with E-state index in [0.717, 1.165) is 22.5 Å². The lowest BCUT2D eigenvalue weighted by Crippen LogP contribution is -2.30. The molecule has 0 spiro atoms. The summed E-state index contributed by atoms with van der Waals surface area (Å²) < 4.78 is 1.74. The van der Waals surface area contributed by atoms with Crippen LogP contribution in [0, 0.1) is 12.8 Å². The summed E-state index contributed by atoms with van der Waals surface area (Å²) in [6.45, 7) is 6.12. The number of aliphatic hydroxyl groups excluding tert-OH is 1. The average Bonchev–Trinajstić information content (AvgIpc) is 2.62. The van der Waals surface area contributed by atoms with Crippen LogP contribution in [0.25, 0.3) is 11.0 Å². The van der Waals surface area contributed by atoms with Crippen molar-refractivity contribution in [3.63, 3.8) is 0 Å². The number of nitrogens with zero attached hydrogens (tertiary/aromatic N) is 4. The zero-order chi connectivity index (χ0) is 13.3. The van der Waals surface area contributed by atoms with Gasteiger partial charge in [0, 0.05) is 7.05 Å². The van der Waals surface area contributed by atoms with Crippen molar-refractivity contribution in [1.29, 1.82) is 0 Å². The van der Waals surface area contributed by atoms with Crippen molar-refractivity contribution in [3.8, 4) is 0 Å². The molecular weight excluding hydrogens is 230 g/mol. The highest BCUT2D eigenvalue weighted by Crippen LogP contribution is 2.23. The Balaban J connectivity index is 2.45. The minimum absolute atomic E-state index is 0.0253. The molecule has 0 aromatic carbocycles. The lowest BCUT2D eigenvalue weighted by molar-refractivity contribution is 0.249. The number of aromatic nitrogens is 4. The number of nitrogens with one attached hydrogen (secondary N) is 1. The van der Waals surface area contributed by atoms with Crippen LogP contribution in [0.2, 0.25) is 0 Å². The second kappa shape index (κ2) is 4.89. The predicted molar refractivity (Wildman–Crippen MR) is 70.4 cm³/mol. The number of aliphatic hydroxyl groups is 1. The first-order valence-corrected chi connectivity index (χ1v) is 6.06. The van der Waals surface area contributed by atoms with Crippen LogP contribution in [0.5, 0.6) is 0 Å². The molecule has 0 saturated heterocycles. The number of hydrogen-bond acceptors (Lipinski definition) is 5. The molecule has 0 aliphatic heterocycles. The van der Waals surface area contributed by atoms with Crippen LogP contribution in [0.1, 0.15) is 19.5 Å². The van der Waals surface area contributed by atoms with Crippen LogP contribution < -0.4 is 5.32 Å². The van der Waals surface area contributed by atoms with E-state index in [4.69, 9.17) is 0 Å². The van der Waals surface area contributed by atoms with Crippen LogP contribution >= 0.6 is 0 Å². The molecule has 2 aromatic rings. The van der Waals surface area contributed by atoms with Gasteiger partial charge in [-0.15, -0.1) is 0 Å². The second-order valence-electron chi connectivity index (χ2n) is 4.81. The summed E-state index contributed by atoms with van der Waals surface area (Å²) in [6.07, 6.45) is 1.51. The van der Waals surface area contributed by atoms with E-state index in [2.05, 4.69) is 34.2 Å². The van der Waals surface area contributed by atoms with Gasteiger partial charge in [-0.1, -0.05) is 13.8 Å². The maximum Gasteiger partial charge on any atom is 0.163 e. The highest BCUT2D eigenvalue weighted by molar-refractivity contribution is 5.89. The van der Waals surface area contributed by atoms with Crippen LogP contribution in [0.15, 0.2) is 6.33 Å². The molecule has 1 atom stereocenters. The van der Waals surface area contributed by atoms with E-state index in [9.17, 15) is 5.11 Å². The van der Waals surface area contributed by atoms with Gasteiger partial charge in [-0.05, 0) is 12.8 Å². The Morgan fingerprint density at radius 1 is 1.39 bits per heavy atom. The molecule has 0 aliphatic carbocycles. The SMILES string of the molecule is Cc1nn(C)c2ncnc(N[C@@H](CO)C(C)C)c12. The number of aryl methyl sites for hydroxylation is 2. The summed E-state index contributed by atoms with van der Waals surface area (Å²) >= 11 is 0. The fourth-order valence-electron chi connectivity index (χ4n) is 1.99. The summed E-state index contributed by atoms with van der Waals surface area (Å²) in [5.74, 6) is 1.05. The second-order valence-corrected chi connectivity index (χ2v) is 4.81. The monoisotopic (exact) mass is 249 g/mol. The van der Waals surface area contributed by atoms with Crippen molar-refractivity contribution in [2.75, 3.05) is 11.9 Å². The molecule has 2 heterocycles. The minimum atomic E-state index is -0.0253. The van der Waals surface area contributed by atoms with Crippen molar-refractivity contribution in [3.05, 3.63) is 12.0 Å². The summed E-state index contributed by atoms with van der Waals surface area (Å²) in [6, 6.07) is -0.0253. The van der Waals surface area contributed by atoms with E-state index >= 15 is 0 Å². The van der Waals surface area contributed by atoms with Gasteiger partial charge in [-0.2, -0.15) is 5.10 Å². The standard InChI is InChI=1S/C12H19N5O/c1-7(2)9(5-18)15-11-10-8(3)16-17(4)12(10)14-6-13-11/h6-7,9,18H,5H2,1-4H3,(H,13,14,15)/t9-/m0/s1. The van der Waals surface area contributed by atoms with E-state index in [1.807, 2.05) is 14.0 Å². The molecule has 0 radical (unpaired) electrons. The first-order chi connectivity index (χ1) is 8.54. The van der Waals surface area contributed by atoms with E-state index in [1.54, 1.807) is 4.68 Å². The molecule has 6 heteroatoms. The van der Waals surface area contributed by atoms with E-state index < -0.39 is 0 Å². The Morgan fingerprint density at radius 2 is 2.11 bits per heavy atom. The number of rotatable bonds is 4. The van der Waals surface area contributed by atoms with Crippen LogP contribution in [-0.4, -0.2) is 37.5 Å². The van der Waals surface area contributed by atoms with Crippen molar-refractivity contribution in [1.82, 2.24) is 19.7 Å². The molecule has 0 unspecified atom stereocenters. The van der Waals surface area contributed by atoms with E-state index in [-0.39, 0.29) is 12.6 Å². The Morgan fingerprint density at radius 3 is 2.72 bits per heavy atom. The number of hydrogen-bond donors (Lipinski definition) is 2. The lowest BCUT2D eigenvalue weighted by atomic mass is 10.1.